The maximum absolute atomic E-state index is 14.1. The fourth-order valence-corrected chi connectivity index (χ4v) is 8.93. The number of nitrogens with one attached hydrogen (secondary N) is 4. The van der Waals surface area contributed by atoms with Crippen LogP contribution in [0.5, 0.6) is 23.0 Å². The SMILES string of the molecule is CNCC(=O)NCC(=O)NCC(=O)N(C)c1cc(COc2cc3c(cc2OC)C(=O)N2c4ccccc4C[C@H]2C=N3)cc(COc2cc3c(cc2OC)C(=O)N2c4ccccc4CC2CN3)c1. The Bertz CT molecular complexity index is 2830. The number of amides is 5. The fraction of sp³-hybridized carbons (Fsp3) is 0.280. The first-order valence-electron chi connectivity index (χ1n) is 21.9. The molecule has 0 fully saturated rings. The van der Waals surface area contributed by atoms with E-state index < -0.39 is 11.8 Å². The van der Waals surface area contributed by atoms with Crippen molar-refractivity contribution in [2.24, 2.45) is 4.99 Å². The zero-order chi connectivity index (χ0) is 46.8. The van der Waals surface area contributed by atoms with Gasteiger partial charge in [-0.3, -0.25) is 33.9 Å². The molecule has 5 aromatic carbocycles. The minimum absolute atomic E-state index is 0.00977. The number of benzene rings is 5. The predicted octanol–water partition coefficient (Wildman–Crippen LogP) is 4.56. The molecule has 0 aromatic heterocycles. The number of carbonyl (C=O) groups excluding carboxylic acids is 5. The molecule has 0 spiro atoms. The Balaban J connectivity index is 0.966. The van der Waals surface area contributed by atoms with Gasteiger partial charge < -0.3 is 50.0 Å². The van der Waals surface area contributed by atoms with Gasteiger partial charge in [-0.15, -0.1) is 0 Å². The highest BCUT2D eigenvalue weighted by Gasteiger charge is 2.39. The van der Waals surface area contributed by atoms with Crippen molar-refractivity contribution in [1.29, 1.82) is 0 Å². The lowest BCUT2D eigenvalue weighted by Crippen LogP contribution is -2.43. The molecule has 17 nitrogen and oxygen atoms in total. The molecule has 4 aliphatic heterocycles. The third-order valence-electron chi connectivity index (χ3n) is 12.3. The Kier molecular flexibility index (Phi) is 12.5. The van der Waals surface area contributed by atoms with Crippen molar-refractivity contribution in [3.8, 4) is 23.0 Å². The summed E-state index contributed by atoms with van der Waals surface area (Å²) in [5.74, 6) is -0.168. The van der Waals surface area contributed by atoms with Gasteiger partial charge in [0.15, 0.2) is 23.0 Å². The Morgan fingerprint density at radius 1 is 0.716 bits per heavy atom. The zero-order valence-corrected chi connectivity index (χ0v) is 37.5. The summed E-state index contributed by atoms with van der Waals surface area (Å²) in [6.45, 7) is 0.00921. The van der Waals surface area contributed by atoms with Crippen LogP contribution in [0.2, 0.25) is 0 Å². The van der Waals surface area contributed by atoms with Crippen LogP contribution in [0.15, 0.2) is 96.0 Å². The molecule has 17 heteroatoms. The number of hydrogen-bond donors (Lipinski definition) is 4. The minimum Gasteiger partial charge on any atom is -0.493 e. The van der Waals surface area contributed by atoms with Gasteiger partial charge >= 0.3 is 0 Å². The second kappa shape index (κ2) is 18.9. The Labute approximate surface area is 387 Å². The van der Waals surface area contributed by atoms with Gasteiger partial charge in [0, 0.05) is 55.4 Å². The normalized spacial score (nSPS) is 16.2. The van der Waals surface area contributed by atoms with Gasteiger partial charge in [0.2, 0.25) is 17.7 Å². The molecular formula is C50H50N8O9. The summed E-state index contributed by atoms with van der Waals surface area (Å²) in [4.78, 5) is 75.7. The van der Waals surface area contributed by atoms with Crippen molar-refractivity contribution in [3.05, 3.63) is 124 Å². The highest BCUT2D eigenvalue weighted by Crippen LogP contribution is 2.43. The number of carbonyl (C=O) groups is 5. The smallest absolute Gasteiger partial charge is 0.261 e. The van der Waals surface area contributed by atoms with Crippen molar-refractivity contribution >= 4 is 64.2 Å². The molecule has 4 aliphatic rings. The summed E-state index contributed by atoms with van der Waals surface area (Å²) < 4.78 is 24.4. The Morgan fingerprint density at radius 3 is 2.00 bits per heavy atom. The van der Waals surface area contributed by atoms with Crippen LogP contribution in [0.4, 0.5) is 28.4 Å². The Morgan fingerprint density at radius 2 is 1.31 bits per heavy atom. The maximum Gasteiger partial charge on any atom is 0.261 e. The molecule has 1 unspecified atom stereocenters. The lowest BCUT2D eigenvalue weighted by Gasteiger charge is -2.23. The molecule has 5 aromatic rings. The number of anilines is 4. The standard InChI is InChI=1S/C50H50N8O9/c1-51-24-46(59)54-25-47(60)55-26-48(61)56(2)33-14-29(27-66-44-20-38-36(18-42(44)64-3)49(62)57-34(22-52-38)16-31-9-5-7-11-40(31)57)13-30(15-33)28-67-45-21-39-37(19-43(45)65-4)50(63)58-35(23-53-39)17-32-10-6-8-12-41(32)58/h5-15,18-22,34-35,51,53H,16-17,23-28H2,1-4H3,(H,54,59)(H,55,60)/t34-,35?/m0/s1. The van der Waals surface area contributed by atoms with Crippen LogP contribution >= 0.6 is 0 Å². The van der Waals surface area contributed by atoms with E-state index in [0.717, 1.165) is 28.9 Å². The van der Waals surface area contributed by atoms with Crippen LogP contribution in [-0.2, 0) is 40.4 Å². The van der Waals surface area contributed by atoms with E-state index in [2.05, 4.69) is 27.3 Å². The number of rotatable bonds is 15. The maximum atomic E-state index is 14.1. The van der Waals surface area contributed by atoms with Crippen molar-refractivity contribution in [2.45, 2.75) is 38.1 Å². The number of ether oxygens (including phenoxy) is 4. The molecule has 0 saturated heterocycles. The van der Waals surface area contributed by atoms with E-state index in [4.69, 9.17) is 23.9 Å². The van der Waals surface area contributed by atoms with Gasteiger partial charge in [0.05, 0.1) is 68.4 Å². The quantitative estimate of drug-likeness (QED) is 0.115. The number of nitrogens with zero attached hydrogens (tertiary/aromatic N) is 4. The van der Waals surface area contributed by atoms with E-state index in [0.29, 0.717) is 75.3 Å². The van der Waals surface area contributed by atoms with E-state index in [1.54, 1.807) is 61.6 Å². The van der Waals surface area contributed by atoms with Crippen molar-refractivity contribution in [1.82, 2.24) is 16.0 Å². The van der Waals surface area contributed by atoms with E-state index in [1.165, 1.54) is 19.1 Å². The molecule has 5 amide bonds. The van der Waals surface area contributed by atoms with Gasteiger partial charge in [0.25, 0.3) is 11.8 Å². The average molecular weight is 907 g/mol. The molecule has 0 bridgehead atoms. The molecular weight excluding hydrogens is 857 g/mol. The molecule has 4 N–H and O–H groups in total. The summed E-state index contributed by atoms with van der Waals surface area (Å²) in [5.41, 5.74) is 7.68. The molecule has 0 saturated carbocycles. The second-order valence-electron chi connectivity index (χ2n) is 16.6. The summed E-state index contributed by atoms with van der Waals surface area (Å²) in [6.07, 6.45) is 3.19. The molecule has 9 rings (SSSR count). The number of para-hydroxylation sites is 2. The van der Waals surface area contributed by atoms with Gasteiger partial charge in [-0.1, -0.05) is 36.4 Å². The van der Waals surface area contributed by atoms with Crippen molar-refractivity contribution < 1.29 is 42.9 Å². The summed E-state index contributed by atoms with van der Waals surface area (Å²) in [5, 5.41) is 11.2. The Hall–Kier alpha value is -7.92. The van der Waals surface area contributed by atoms with Gasteiger partial charge in [-0.05, 0) is 78.2 Å². The van der Waals surface area contributed by atoms with Crippen LogP contribution < -0.4 is 54.9 Å². The first kappa shape index (κ1) is 44.3. The topological polar surface area (TPSA) is 192 Å². The summed E-state index contributed by atoms with van der Waals surface area (Å²) >= 11 is 0. The summed E-state index contributed by atoms with van der Waals surface area (Å²) in [7, 11) is 6.23. The first-order valence-corrected chi connectivity index (χ1v) is 21.9. The highest BCUT2D eigenvalue weighted by atomic mass is 16.5. The molecule has 2 atom stereocenters. The molecule has 0 aliphatic carbocycles. The molecule has 4 heterocycles. The van der Waals surface area contributed by atoms with Crippen LogP contribution in [0.1, 0.15) is 43.0 Å². The van der Waals surface area contributed by atoms with E-state index in [-0.39, 0.29) is 62.7 Å². The molecule has 67 heavy (non-hydrogen) atoms. The lowest BCUT2D eigenvalue weighted by atomic mass is 10.1. The zero-order valence-electron chi connectivity index (χ0n) is 37.5. The number of hydrogen-bond acceptors (Lipinski definition) is 12. The van der Waals surface area contributed by atoms with Crippen LogP contribution in [-0.4, -0.2) is 102 Å². The predicted molar refractivity (Wildman–Crippen MR) is 253 cm³/mol. The van der Waals surface area contributed by atoms with Gasteiger partial charge in [-0.2, -0.15) is 0 Å². The van der Waals surface area contributed by atoms with E-state index >= 15 is 0 Å². The number of likely N-dealkylation sites (N-methyl/N-ethyl adjacent to an activating group) is 2. The molecule has 344 valence electrons. The monoisotopic (exact) mass is 906 g/mol. The molecule has 0 radical (unpaired) electrons. The minimum atomic E-state index is -0.524. The lowest BCUT2D eigenvalue weighted by molar-refractivity contribution is -0.126. The van der Waals surface area contributed by atoms with E-state index in [9.17, 15) is 24.0 Å². The summed E-state index contributed by atoms with van der Waals surface area (Å²) in [6, 6.07) is 27.8. The number of aliphatic imine (C=N–C) groups is 1. The number of methoxy groups -OCH3 is 2. The first-order chi connectivity index (χ1) is 32.5. The average Bonchev–Trinajstić information content (AvgIpc) is 3.84. The van der Waals surface area contributed by atoms with Gasteiger partial charge in [0.1, 0.15) is 13.2 Å². The van der Waals surface area contributed by atoms with Gasteiger partial charge in [-0.25, -0.2) is 0 Å². The third-order valence-corrected chi connectivity index (χ3v) is 12.3. The fourth-order valence-electron chi connectivity index (χ4n) is 8.93. The largest absolute Gasteiger partial charge is 0.493 e. The number of fused-ring (bicyclic) bond motifs is 8. The van der Waals surface area contributed by atoms with Crippen LogP contribution in [0.25, 0.3) is 0 Å². The van der Waals surface area contributed by atoms with E-state index in [1.807, 2.05) is 53.4 Å². The second-order valence-corrected chi connectivity index (χ2v) is 16.6. The van der Waals surface area contributed by atoms with Crippen LogP contribution in [0.3, 0.4) is 0 Å². The van der Waals surface area contributed by atoms with Crippen molar-refractivity contribution in [2.75, 3.05) is 74.5 Å². The van der Waals surface area contributed by atoms with Crippen LogP contribution in [0, 0.1) is 0 Å². The van der Waals surface area contributed by atoms with Crippen molar-refractivity contribution in [3.63, 3.8) is 0 Å². The third kappa shape index (κ3) is 8.92. The highest BCUT2D eigenvalue weighted by molar-refractivity contribution is 6.15.